The van der Waals surface area contributed by atoms with E-state index < -0.39 is 5.41 Å². The SMILES string of the molecule is Cc1ccc(CNC(=O)CC2(C(=O)NCc3ccc(C)nc3)CCNC2)cn1.Cl.Cl.Cl. The van der Waals surface area contributed by atoms with Gasteiger partial charge in [-0.1, -0.05) is 12.1 Å². The molecule has 0 radical (unpaired) electrons. The maximum Gasteiger partial charge on any atom is 0.228 e. The highest BCUT2D eigenvalue weighted by Crippen LogP contribution is 2.30. The smallest absolute Gasteiger partial charge is 0.228 e. The van der Waals surface area contributed by atoms with Gasteiger partial charge in [-0.25, -0.2) is 0 Å². The molecule has 1 fully saturated rings. The molecule has 0 spiro atoms. The Morgan fingerprint density at radius 2 is 1.48 bits per heavy atom. The van der Waals surface area contributed by atoms with Crippen molar-refractivity contribution in [1.29, 1.82) is 0 Å². The second kappa shape index (κ2) is 13.5. The maximum absolute atomic E-state index is 12.9. The highest BCUT2D eigenvalue weighted by atomic mass is 35.5. The van der Waals surface area contributed by atoms with Crippen LogP contribution in [0.15, 0.2) is 36.7 Å². The number of nitrogens with zero attached hydrogens (tertiary/aromatic N) is 2. The molecule has 1 unspecified atom stereocenters. The summed E-state index contributed by atoms with van der Waals surface area (Å²) in [6, 6.07) is 7.72. The van der Waals surface area contributed by atoms with Crippen molar-refractivity contribution >= 4 is 49.0 Å². The van der Waals surface area contributed by atoms with Crippen LogP contribution in [0, 0.1) is 19.3 Å². The van der Waals surface area contributed by atoms with Crippen molar-refractivity contribution in [2.45, 2.75) is 39.8 Å². The van der Waals surface area contributed by atoms with Crippen LogP contribution in [0.1, 0.15) is 35.4 Å². The third kappa shape index (κ3) is 8.26. The predicted octanol–water partition coefficient (Wildman–Crippen LogP) is 2.66. The molecule has 1 aliphatic heterocycles. The second-order valence-corrected chi connectivity index (χ2v) is 7.46. The first-order valence-corrected chi connectivity index (χ1v) is 9.56. The first kappa shape index (κ1) is 29.1. The van der Waals surface area contributed by atoms with Gasteiger partial charge in [-0.05, 0) is 50.1 Å². The molecule has 172 valence electrons. The van der Waals surface area contributed by atoms with Crippen molar-refractivity contribution < 1.29 is 9.59 Å². The van der Waals surface area contributed by atoms with E-state index in [0.717, 1.165) is 29.1 Å². The minimum Gasteiger partial charge on any atom is -0.352 e. The third-order valence-corrected chi connectivity index (χ3v) is 5.11. The van der Waals surface area contributed by atoms with E-state index in [9.17, 15) is 9.59 Å². The number of nitrogens with one attached hydrogen (secondary N) is 3. The summed E-state index contributed by atoms with van der Waals surface area (Å²) < 4.78 is 0. The van der Waals surface area contributed by atoms with Gasteiger partial charge >= 0.3 is 0 Å². The Balaban J connectivity index is 0.00000300. The summed E-state index contributed by atoms with van der Waals surface area (Å²) in [5, 5.41) is 9.11. The molecule has 7 nitrogen and oxygen atoms in total. The van der Waals surface area contributed by atoms with E-state index in [1.165, 1.54) is 0 Å². The van der Waals surface area contributed by atoms with Gasteiger partial charge in [0.1, 0.15) is 0 Å². The van der Waals surface area contributed by atoms with Crippen molar-refractivity contribution in [3.8, 4) is 0 Å². The van der Waals surface area contributed by atoms with Crippen LogP contribution in [-0.2, 0) is 22.7 Å². The van der Waals surface area contributed by atoms with Gasteiger partial charge in [-0.2, -0.15) is 0 Å². The van der Waals surface area contributed by atoms with Crippen LogP contribution in [0.25, 0.3) is 0 Å². The maximum atomic E-state index is 12.9. The second-order valence-electron chi connectivity index (χ2n) is 7.46. The van der Waals surface area contributed by atoms with Crippen molar-refractivity contribution in [2.75, 3.05) is 13.1 Å². The third-order valence-electron chi connectivity index (χ3n) is 5.11. The van der Waals surface area contributed by atoms with Crippen molar-refractivity contribution in [3.63, 3.8) is 0 Å². The van der Waals surface area contributed by atoms with Gasteiger partial charge in [0.25, 0.3) is 0 Å². The number of amides is 2. The highest BCUT2D eigenvalue weighted by Gasteiger charge is 2.42. The van der Waals surface area contributed by atoms with Gasteiger partial charge in [0, 0.05) is 49.8 Å². The Bertz CT molecular complexity index is 826. The molecule has 2 aromatic heterocycles. The minimum absolute atomic E-state index is 0. The summed E-state index contributed by atoms with van der Waals surface area (Å²) >= 11 is 0. The first-order valence-electron chi connectivity index (χ1n) is 9.56. The molecular weight excluding hydrogens is 461 g/mol. The van der Waals surface area contributed by atoms with Gasteiger partial charge in [-0.15, -0.1) is 37.2 Å². The quantitative estimate of drug-likeness (QED) is 0.554. The molecule has 0 bridgehead atoms. The molecule has 3 heterocycles. The molecule has 0 aromatic carbocycles. The lowest BCUT2D eigenvalue weighted by atomic mass is 9.82. The fourth-order valence-electron chi connectivity index (χ4n) is 3.32. The number of rotatable bonds is 7. The van der Waals surface area contributed by atoms with E-state index in [0.29, 0.717) is 26.1 Å². The monoisotopic (exact) mass is 489 g/mol. The summed E-state index contributed by atoms with van der Waals surface area (Å²) in [6.07, 6.45) is 4.32. The van der Waals surface area contributed by atoms with Gasteiger partial charge in [0.2, 0.25) is 11.8 Å². The largest absolute Gasteiger partial charge is 0.352 e. The molecule has 1 saturated heterocycles. The molecule has 3 N–H and O–H groups in total. The van der Waals surface area contributed by atoms with E-state index in [1.54, 1.807) is 12.4 Å². The Hall–Kier alpha value is -1.93. The zero-order valence-electron chi connectivity index (χ0n) is 17.6. The summed E-state index contributed by atoms with van der Waals surface area (Å²) in [5.74, 6) is -0.221. The van der Waals surface area contributed by atoms with E-state index in [2.05, 4.69) is 25.9 Å². The number of aromatic nitrogens is 2. The molecule has 1 atom stereocenters. The van der Waals surface area contributed by atoms with Gasteiger partial charge < -0.3 is 16.0 Å². The Labute approximate surface area is 201 Å². The summed E-state index contributed by atoms with van der Waals surface area (Å²) in [4.78, 5) is 33.9. The number of pyridine rings is 2. The number of hydrogen-bond donors (Lipinski definition) is 3. The summed E-state index contributed by atoms with van der Waals surface area (Å²) in [7, 11) is 0. The van der Waals surface area contributed by atoms with Crippen LogP contribution < -0.4 is 16.0 Å². The lowest BCUT2D eigenvalue weighted by Gasteiger charge is -2.26. The number of halogens is 3. The van der Waals surface area contributed by atoms with Crippen LogP contribution in [-0.4, -0.2) is 34.9 Å². The van der Waals surface area contributed by atoms with Gasteiger partial charge in [0.05, 0.1) is 5.41 Å². The molecule has 1 aliphatic rings. The predicted molar refractivity (Wildman–Crippen MR) is 128 cm³/mol. The van der Waals surface area contributed by atoms with Crippen LogP contribution in [0.5, 0.6) is 0 Å². The van der Waals surface area contributed by atoms with Crippen molar-refractivity contribution in [3.05, 3.63) is 59.2 Å². The molecule has 3 rings (SSSR count). The molecule has 0 saturated carbocycles. The topological polar surface area (TPSA) is 96.0 Å². The van der Waals surface area contributed by atoms with E-state index in [-0.39, 0.29) is 55.5 Å². The molecule has 10 heteroatoms. The van der Waals surface area contributed by atoms with Crippen molar-refractivity contribution in [1.82, 2.24) is 25.9 Å². The van der Waals surface area contributed by atoms with Crippen LogP contribution >= 0.6 is 37.2 Å². The molecule has 2 amide bonds. The molecule has 31 heavy (non-hydrogen) atoms. The number of carbonyl (C=O) groups excluding carboxylic acids is 2. The van der Waals surface area contributed by atoms with E-state index in [1.807, 2.05) is 38.1 Å². The Morgan fingerprint density at radius 3 is 1.94 bits per heavy atom. The van der Waals surface area contributed by atoms with Gasteiger partial charge in [0.15, 0.2) is 0 Å². The van der Waals surface area contributed by atoms with E-state index >= 15 is 0 Å². The Morgan fingerprint density at radius 1 is 0.935 bits per heavy atom. The minimum atomic E-state index is -0.715. The number of hydrogen-bond acceptors (Lipinski definition) is 5. The summed E-state index contributed by atoms with van der Waals surface area (Å²) in [6.45, 7) is 5.90. The fraction of sp³-hybridized carbons (Fsp3) is 0.429. The molecule has 0 aliphatic carbocycles. The van der Waals surface area contributed by atoms with Crippen molar-refractivity contribution in [2.24, 2.45) is 5.41 Å². The average Bonchev–Trinajstić information content (AvgIpc) is 3.16. The summed E-state index contributed by atoms with van der Waals surface area (Å²) in [5.41, 5.74) is 3.04. The van der Waals surface area contributed by atoms with Crippen LogP contribution in [0.2, 0.25) is 0 Å². The fourth-order valence-corrected chi connectivity index (χ4v) is 3.32. The number of aryl methyl sites for hydroxylation is 2. The average molecular weight is 491 g/mol. The van der Waals surface area contributed by atoms with Gasteiger partial charge in [-0.3, -0.25) is 19.6 Å². The normalized spacial score (nSPS) is 16.8. The van der Waals surface area contributed by atoms with E-state index in [4.69, 9.17) is 0 Å². The molecular formula is C21H30Cl3N5O2. The number of carbonyl (C=O) groups is 2. The standard InChI is InChI=1S/C21H27N5O2.3ClH/c1-15-3-5-17(10-23-15)12-25-19(27)9-21(7-8-22-14-21)20(28)26-13-18-6-4-16(2)24-11-18;;;/h3-6,10-11,22H,7-9,12-14H2,1-2H3,(H,25,27)(H,26,28);3*1H. The van der Waals surface area contributed by atoms with Crippen LogP contribution in [0.4, 0.5) is 0 Å². The Kier molecular flexibility index (Phi) is 12.6. The molecule has 2 aromatic rings. The van der Waals surface area contributed by atoms with Crippen LogP contribution in [0.3, 0.4) is 0 Å². The lowest BCUT2D eigenvalue weighted by molar-refractivity contribution is -0.135. The lowest BCUT2D eigenvalue weighted by Crippen LogP contribution is -2.45. The zero-order valence-corrected chi connectivity index (χ0v) is 20.1. The first-order chi connectivity index (χ1) is 13.5. The zero-order chi connectivity index (χ0) is 20.0. The highest BCUT2D eigenvalue weighted by molar-refractivity contribution is 5.89.